The molecule has 0 radical (unpaired) electrons. The van der Waals surface area contributed by atoms with Gasteiger partial charge in [0.15, 0.2) is 0 Å². The molecule has 1 heterocycles. The second-order valence-corrected chi connectivity index (χ2v) is 7.83. The van der Waals surface area contributed by atoms with Crippen LogP contribution < -0.4 is 0 Å². The van der Waals surface area contributed by atoms with Crippen LogP contribution in [0, 0.1) is 0 Å². The summed E-state index contributed by atoms with van der Waals surface area (Å²) in [6.07, 6.45) is 0.771. The van der Waals surface area contributed by atoms with Gasteiger partial charge < -0.3 is 9.30 Å². The number of carbonyl (C=O) groups is 1. The van der Waals surface area contributed by atoms with Gasteiger partial charge in [-0.2, -0.15) is 0 Å². The van der Waals surface area contributed by atoms with Crippen LogP contribution >= 0.6 is 11.6 Å². The predicted octanol–water partition coefficient (Wildman–Crippen LogP) is 6.63. The number of hydrogen-bond donors (Lipinski definition) is 0. The Morgan fingerprint density at radius 2 is 1.48 bits per heavy atom. The highest BCUT2D eigenvalue weighted by Crippen LogP contribution is 2.40. The number of ether oxygens (including phenoxy) is 1. The van der Waals surface area contributed by atoms with Crippen molar-refractivity contribution in [2.75, 3.05) is 12.5 Å². The quantitative estimate of drug-likeness (QED) is 0.231. The third-order valence-electron chi connectivity index (χ3n) is 5.55. The Balaban J connectivity index is 2.06. The Hall–Kier alpha value is -3.04. The minimum atomic E-state index is -0.292. The van der Waals surface area contributed by atoms with Crippen LogP contribution in [0.5, 0.6) is 0 Å². The Labute approximate surface area is 188 Å². The van der Waals surface area contributed by atoms with Gasteiger partial charge in [0.1, 0.15) is 5.69 Å². The molecule has 4 rings (SSSR count). The molecule has 0 saturated heterocycles. The molecule has 31 heavy (non-hydrogen) atoms. The van der Waals surface area contributed by atoms with Crippen molar-refractivity contribution in [3.05, 3.63) is 107 Å². The Morgan fingerprint density at radius 1 is 0.903 bits per heavy atom. The lowest BCUT2D eigenvalue weighted by atomic mass is 9.83. The zero-order chi connectivity index (χ0) is 21.6. The first-order chi connectivity index (χ1) is 15.3. The van der Waals surface area contributed by atoms with Crippen molar-refractivity contribution in [1.82, 2.24) is 4.57 Å². The van der Waals surface area contributed by atoms with E-state index in [2.05, 4.69) is 41.0 Å². The standard InChI is InChI=1S/C27H26ClNO2/c1-2-31-27(30)26-25(22-16-9-10-17-23(22)29(26)19-11-18-28)24(20-12-5-3-6-13-20)21-14-7-4-8-15-21/h3-10,12-17,24H,2,11,18-19H2,1H3. The Bertz CT molecular complexity index is 1110. The maximum Gasteiger partial charge on any atom is 0.355 e. The monoisotopic (exact) mass is 431 g/mol. The number of halogens is 1. The number of aromatic nitrogens is 1. The number of benzene rings is 3. The fraction of sp³-hybridized carbons (Fsp3) is 0.222. The molecular formula is C27H26ClNO2. The normalized spacial score (nSPS) is 11.2. The van der Waals surface area contributed by atoms with Crippen molar-refractivity contribution in [2.45, 2.75) is 25.8 Å². The fourth-order valence-corrected chi connectivity index (χ4v) is 4.43. The van der Waals surface area contributed by atoms with Crippen LogP contribution in [0.25, 0.3) is 10.9 Å². The molecule has 3 nitrogen and oxygen atoms in total. The zero-order valence-electron chi connectivity index (χ0n) is 17.6. The minimum absolute atomic E-state index is 0.0936. The smallest absolute Gasteiger partial charge is 0.355 e. The van der Waals surface area contributed by atoms with Gasteiger partial charge in [-0.25, -0.2) is 4.79 Å². The average Bonchev–Trinajstić information content (AvgIpc) is 3.14. The third-order valence-corrected chi connectivity index (χ3v) is 5.82. The molecule has 0 aliphatic carbocycles. The summed E-state index contributed by atoms with van der Waals surface area (Å²) < 4.78 is 7.64. The van der Waals surface area contributed by atoms with Crippen molar-refractivity contribution in [2.24, 2.45) is 0 Å². The van der Waals surface area contributed by atoms with Crippen LogP contribution in [0.3, 0.4) is 0 Å². The number of nitrogens with zero attached hydrogens (tertiary/aromatic N) is 1. The first-order valence-corrected chi connectivity index (χ1v) is 11.2. The molecule has 0 aliphatic heterocycles. The molecule has 4 aromatic rings. The first kappa shape index (κ1) is 21.2. The van der Waals surface area contributed by atoms with Crippen LogP contribution in [0.15, 0.2) is 84.9 Å². The lowest BCUT2D eigenvalue weighted by molar-refractivity contribution is 0.0513. The van der Waals surface area contributed by atoms with Crippen LogP contribution in [0.2, 0.25) is 0 Å². The number of para-hydroxylation sites is 1. The minimum Gasteiger partial charge on any atom is -0.461 e. The van der Waals surface area contributed by atoms with Gasteiger partial charge in [0, 0.05) is 34.8 Å². The van der Waals surface area contributed by atoms with Gasteiger partial charge in [0.2, 0.25) is 0 Å². The number of alkyl halides is 1. The van der Waals surface area contributed by atoms with E-state index in [9.17, 15) is 4.79 Å². The second kappa shape index (κ2) is 9.84. The summed E-state index contributed by atoms with van der Waals surface area (Å²) >= 11 is 6.03. The van der Waals surface area contributed by atoms with Crippen molar-refractivity contribution in [3.8, 4) is 0 Å². The molecule has 1 aromatic heterocycles. The molecule has 0 atom stereocenters. The van der Waals surface area contributed by atoms with E-state index in [0.29, 0.717) is 24.7 Å². The van der Waals surface area contributed by atoms with Gasteiger partial charge >= 0.3 is 5.97 Å². The SMILES string of the molecule is CCOC(=O)c1c(C(c2ccccc2)c2ccccc2)c2ccccc2n1CCCCl. The maximum atomic E-state index is 13.3. The van der Waals surface area contributed by atoms with E-state index in [-0.39, 0.29) is 11.9 Å². The Morgan fingerprint density at radius 3 is 2.06 bits per heavy atom. The molecule has 0 unspecified atom stereocenters. The molecule has 4 heteroatoms. The van der Waals surface area contributed by atoms with E-state index in [1.165, 1.54) is 0 Å². The van der Waals surface area contributed by atoms with Crippen LogP contribution in [0.4, 0.5) is 0 Å². The lowest BCUT2D eigenvalue weighted by Gasteiger charge is -2.20. The summed E-state index contributed by atoms with van der Waals surface area (Å²) in [6, 6.07) is 28.9. The molecule has 0 amide bonds. The molecule has 0 bridgehead atoms. The van der Waals surface area contributed by atoms with Gasteiger partial charge in [-0.3, -0.25) is 0 Å². The highest BCUT2D eigenvalue weighted by Gasteiger charge is 2.30. The molecule has 0 spiro atoms. The highest BCUT2D eigenvalue weighted by atomic mass is 35.5. The molecule has 0 N–H and O–H groups in total. The highest BCUT2D eigenvalue weighted by molar-refractivity contribution is 6.17. The van der Waals surface area contributed by atoms with Gasteiger partial charge in [-0.1, -0.05) is 78.9 Å². The number of hydrogen-bond acceptors (Lipinski definition) is 2. The van der Waals surface area contributed by atoms with Crippen LogP contribution in [-0.2, 0) is 11.3 Å². The van der Waals surface area contributed by atoms with E-state index in [4.69, 9.17) is 16.3 Å². The third kappa shape index (κ3) is 4.24. The van der Waals surface area contributed by atoms with E-state index in [1.807, 2.05) is 55.5 Å². The fourth-order valence-electron chi connectivity index (χ4n) is 4.31. The van der Waals surface area contributed by atoms with Crippen molar-refractivity contribution < 1.29 is 9.53 Å². The molecular weight excluding hydrogens is 406 g/mol. The van der Waals surface area contributed by atoms with E-state index >= 15 is 0 Å². The molecule has 0 saturated carbocycles. The summed E-state index contributed by atoms with van der Waals surface area (Å²) in [7, 11) is 0. The van der Waals surface area contributed by atoms with Gasteiger partial charge in [0.25, 0.3) is 0 Å². The summed E-state index contributed by atoms with van der Waals surface area (Å²) in [5.41, 5.74) is 4.91. The number of aryl methyl sites for hydroxylation is 1. The maximum absolute atomic E-state index is 13.3. The van der Waals surface area contributed by atoms with Crippen LogP contribution in [0.1, 0.15) is 46.4 Å². The number of esters is 1. The van der Waals surface area contributed by atoms with E-state index in [1.54, 1.807) is 0 Å². The Kier molecular flexibility index (Phi) is 6.73. The lowest BCUT2D eigenvalue weighted by Crippen LogP contribution is -2.17. The van der Waals surface area contributed by atoms with Crippen molar-refractivity contribution in [1.29, 1.82) is 0 Å². The predicted molar refractivity (Wildman–Crippen MR) is 127 cm³/mol. The summed E-state index contributed by atoms with van der Waals surface area (Å²) in [5, 5.41) is 1.07. The zero-order valence-corrected chi connectivity index (χ0v) is 18.4. The number of fused-ring (bicyclic) bond motifs is 1. The summed E-state index contributed by atoms with van der Waals surface area (Å²) in [5.74, 6) is 0.148. The van der Waals surface area contributed by atoms with Gasteiger partial charge in [-0.15, -0.1) is 11.6 Å². The molecule has 158 valence electrons. The van der Waals surface area contributed by atoms with Gasteiger partial charge in [0.05, 0.1) is 6.61 Å². The van der Waals surface area contributed by atoms with Gasteiger partial charge in [-0.05, 0) is 30.5 Å². The first-order valence-electron chi connectivity index (χ1n) is 10.7. The number of carbonyl (C=O) groups excluding carboxylic acids is 1. The van der Waals surface area contributed by atoms with E-state index < -0.39 is 0 Å². The molecule has 3 aromatic carbocycles. The van der Waals surface area contributed by atoms with Crippen LogP contribution in [-0.4, -0.2) is 23.0 Å². The second-order valence-electron chi connectivity index (χ2n) is 7.45. The largest absolute Gasteiger partial charge is 0.461 e. The summed E-state index contributed by atoms with van der Waals surface area (Å²) in [6.45, 7) is 2.83. The van der Waals surface area contributed by atoms with Crippen molar-refractivity contribution in [3.63, 3.8) is 0 Å². The molecule has 0 fully saturated rings. The topological polar surface area (TPSA) is 31.2 Å². The summed E-state index contributed by atoms with van der Waals surface area (Å²) in [4.78, 5) is 13.3. The van der Waals surface area contributed by atoms with Crippen molar-refractivity contribution >= 4 is 28.5 Å². The number of rotatable bonds is 8. The molecule has 0 aliphatic rings. The average molecular weight is 432 g/mol. The van der Waals surface area contributed by atoms with E-state index in [0.717, 1.165) is 34.0 Å².